The Balaban J connectivity index is 1.52. The van der Waals surface area contributed by atoms with E-state index < -0.39 is 41.9 Å². The molecular weight excluding hydrogens is 436 g/mol. The molecule has 7 nitrogen and oxygen atoms in total. The van der Waals surface area contributed by atoms with E-state index >= 15 is 0 Å². The van der Waals surface area contributed by atoms with Crippen LogP contribution in [0.2, 0.25) is 0 Å². The zero-order valence-corrected chi connectivity index (χ0v) is 16.0. The van der Waals surface area contributed by atoms with Crippen LogP contribution in [0.25, 0.3) is 11.3 Å². The van der Waals surface area contributed by atoms with E-state index in [0.29, 0.717) is 0 Å². The highest BCUT2D eigenvalue weighted by Gasteiger charge is 2.30. The summed E-state index contributed by atoms with van der Waals surface area (Å²) in [6.07, 6.45) is -4.54. The number of carbonyl (C=O) groups excluding carboxylic acids is 3. The Morgan fingerprint density at radius 2 is 1.66 bits per heavy atom. The van der Waals surface area contributed by atoms with Gasteiger partial charge in [0.2, 0.25) is 5.76 Å². The molecule has 0 bridgehead atoms. The molecule has 11 heteroatoms. The number of hydrogen-bond donors (Lipinski definition) is 2. The number of alkyl halides is 3. The van der Waals surface area contributed by atoms with Gasteiger partial charge in [0.1, 0.15) is 11.6 Å². The number of halogens is 4. The third-order valence-electron chi connectivity index (χ3n) is 4.04. The number of benzene rings is 2. The zero-order chi connectivity index (χ0) is 23.3. The molecule has 3 rings (SSSR count). The summed E-state index contributed by atoms with van der Waals surface area (Å²) in [5.41, 5.74) is 3.37. The molecule has 0 radical (unpaired) electrons. The third kappa shape index (κ3) is 5.72. The van der Waals surface area contributed by atoms with Crippen LogP contribution in [0.4, 0.5) is 17.6 Å². The summed E-state index contributed by atoms with van der Waals surface area (Å²) in [7, 11) is 0. The molecule has 0 aliphatic rings. The molecule has 0 spiro atoms. The van der Waals surface area contributed by atoms with E-state index in [1.807, 2.05) is 5.43 Å². The van der Waals surface area contributed by atoms with Crippen LogP contribution in [-0.2, 0) is 15.7 Å². The lowest BCUT2D eigenvalue weighted by Crippen LogP contribution is -2.43. The summed E-state index contributed by atoms with van der Waals surface area (Å²) >= 11 is 0. The average molecular weight is 450 g/mol. The van der Waals surface area contributed by atoms with E-state index in [9.17, 15) is 31.9 Å². The number of carbonyl (C=O) groups is 3. The van der Waals surface area contributed by atoms with Gasteiger partial charge in [-0.15, -0.1) is 0 Å². The molecule has 0 aliphatic carbocycles. The number of hydrogen-bond acceptors (Lipinski definition) is 5. The Morgan fingerprint density at radius 1 is 0.938 bits per heavy atom. The van der Waals surface area contributed by atoms with Crippen LogP contribution in [0.15, 0.2) is 65.1 Å². The summed E-state index contributed by atoms with van der Waals surface area (Å²) in [5.74, 6) is -3.51. The van der Waals surface area contributed by atoms with E-state index in [1.54, 1.807) is 0 Å². The fourth-order valence-electron chi connectivity index (χ4n) is 2.49. The first kappa shape index (κ1) is 22.5. The standard InChI is InChI=1S/C21H14F4N2O5/c22-15-6-4-12(5-7-15)19(29)27-26-18(28)11-31-20(30)17-9-8-16(32-17)13-2-1-3-14(10-13)21(23,24)25/h1-10H,11H2,(H,26,28)(H,27,29). The molecule has 3 aromatic rings. The van der Waals surface area contributed by atoms with Gasteiger partial charge in [0, 0.05) is 11.1 Å². The van der Waals surface area contributed by atoms with Crippen molar-refractivity contribution < 1.29 is 41.1 Å². The molecule has 2 aromatic carbocycles. The Hall–Kier alpha value is -4.15. The summed E-state index contributed by atoms with van der Waals surface area (Å²) in [6, 6.07) is 11.3. The SMILES string of the molecule is O=C(COC(=O)c1ccc(-c2cccc(C(F)(F)F)c2)o1)NNC(=O)c1ccc(F)cc1. The fourth-order valence-corrected chi connectivity index (χ4v) is 2.49. The molecule has 2 N–H and O–H groups in total. The molecule has 0 aliphatic heterocycles. The molecular formula is C21H14F4N2O5. The van der Waals surface area contributed by atoms with E-state index in [-0.39, 0.29) is 22.6 Å². The lowest BCUT2D eigenvalue weighted by Gasteiger charge is -2.08. The maximum absolute atomic E-state index is 12.8. The molecule has 1 heterocycles. The first-order valence-electron chi connectivity index (χ1n) is 8.93. The molecule has 0 atom stereocenters. The van der Waals surface area contributed by atoms with Gasteiger partial charge in [0.25, 0.3) is 11.8 Å². The largest absolute Gasteiger partial charge is 0.450 e. The van der Waals surface area contributed by atoms with Crippen molar-refractivity contribution in [3.05, 3.63) is 83.4 Å². The summed E-state index contributed by atoms with van der Waals surface area (Å²) in [6.45, 7) is -0.776. The van der Waals surface area contributed by atoms with Crippen molar-refractivity contribution in [2.24, 2.45) is 0 Å². The van der Waals surface area contributed by atoms with Crippen molar-refractivity contribution in [2.75, 3.05) is 6.61 Å². The Labute approximate surface area is 177 Å². The molecule has 0 saturated carbocycles. The monoisotopic (exact) mass is 450 g/mol. The van der Waals surface area contributed by atoms with E-state index in [4.69, 9.17) is 9.15 Å². The summed E-state index contributed by atoms with van der Waals surface area (Å²) in [5, 5.41) is 0. The first-order chi connectivity index (χ1) is 15.1. The van der Waals surface area contributed by atoms with Crippen molar-refractivity contribution in [1.29, 1.82) is 0 Å². The van der Waals surface area contributed by atoms with Gasteiger partial charge in [-0.25, -0.2) is 9.18 Å². The number of furan rings is 1. The number of esters is 1. The topological polar surface area (TPSA) is 97.6 Å². The van der Waals surface area contributed by atoms with E-state index in [0.717, 1.165) is 24.3 Å². The van der Waals surface area contributed by atoms with Crippen LogP contribution in [0.3, 0.4) is 0 Å². The lowest BCUT2D eigenvalue weighted by molar-refractivity contribution is -0.137. The highest BCUT2D eigenvalue weighted by atomic mass is 19.4. The number of amides is 2. The van der Waals surface area contributed by atoms with Crippen LogP contribution in [0, 0.1) is 5.82 Å². The predicted molar refractivity (Wildman–Crippen MR) is 101 cm³/mol. The van der Waals surface area contributed by atoms with Gasteiger partial charge in [-0.2, -0.15) is 13.2 Å². The molecule has 32 heavy (non-hydrogen) atoms. The molecule has 166 valence electrons. The van der Waals surface area contributed by atoms with Gasteiger partial charge in [0.05, 0.1) is 5.56 Å². The lowest BCUT2D eigenvalue weighted by atomic mass is 10.1. The maximum atomic E-state index is 12.8. The van der Waals surface area contributed by atoms with Crippen molar-refractivity contribution in [3.63, 3.8) is 0 Å². The van der Waals surface area contributed by atoms with Crippen LogP contribution in [0.1, 0.15) is 26.5 Å². The molecule has 1 aromatic heterocycles. The first-order valence-corrected chi connectivity index (χ1v) is 8.93. The minimum atomic E-state index is -4.54. The zero-order valence-electron chi connectivity index (χ0n) is 16.0. The van der Waals surface area contributed by atoms with Gasteiger partial charge in [-0.05, 0) is 48.5 Å². The second-order valence-electron chi connectivity index (χ2n) is 6.33. The second kappa shape index (κ2) is 9.33. The van der Waals surface area contributed by atoms with Crippen molar-refractivity contribution >= 4 is 17.8 Å². The van der Waals surface area contributed by atoms with E-state index in [1.165, 1.54) is 36.4 Å². The molecule has 2 amide bonds. The number of ether oxygens (including phenoxy) is 1. The van der Waals surface area contributed by atoms with Gasteiger partial charge >= 0.3 is 12.1 Å². The normalized spacial score (nSPS) is 11.0. The number of rotatable bonds is 5. The molecule has 0 fully saturated rings. The van der Waals surface area contributed by atoms with Crippen LogP contribution < -0.4 is 10.9 Å². The fraction of sp³-hybridized carbons (Fsp3) is 0.0952. The number of nitrogens with one attached hydrogen (secondary N) is 2. The number of hydrazine groups is 1. The van der Waals surface area contributed by atoms with Crippen molar-refractivity contribution in [2.45, 2.75) is 6.18 Å². The Morgan fingerprint density at radius 3 is 2.34 bits per heavy atom. The van der Waals surface area contributed by atoms with Crippen LogP contribution in [-0.4, -0.2) is 24.4 Å². The molecule has 0 saturated heterocycles. The van der Waals surface area contributed by atoms with Gasteiger partial charge < -0.3 is 9.15 Å². The average Bonchev–Trinajstić information content (AvgIpc) is 3.26. The minimum Gasteiger partial charge on any atom is -0.450 e. The predicted octanol–water partition coefficient (Wildman–Crippen LogP) is 3.72. The molecule has 0 unspecified atom stereocenters. The van der Waals surface area contributed by atoms with Crippen molar-refractivity contribution in [3.8, 4) is 11.3 Å². The van der Waals surface area contributed by atoms with Gasteiger partial charge in [-0.1, -0.05) is 12.1 Å². The second-order valence-corrected chi connectivity index (χ2v) is 6.33. The smallest absolute Gasteiger partial charge is 0.416 e. The van der Waals surface area contributed by atoms with Crippen LogP contribution in [0.5, 0.6) is 0 Å². The third-order valence-corrected chi connectivity index (χ3v) is 4.04. The van der Waals surface area contributed by atoms with Gasteiger partial charge in [0.15, 0.2) is 6.61 Å². The summed E-state index contributed by atoms with van der Waals surface area (Å²) in [4.78, 5) is 35.5. The highest BCUT2D eigenvalue weighted by molar-refractivity contribution is 5.95. The quantitative estimate of drug-likeness (QED) is 0.351. The van der Waals surface area contributed by atoms with Crippen LogP contribution >= 0.6 is 0 Å². The Bertz CT molecular complexity index is 1140. The van der Waals surface area contributed by atoms with Crippen molar-refractivity contribution in [1.82, 2.24) is 10.9 Å². The highest BCUT2D eigenvalue weighted by Crippen LogP contribution is 2.32. The van der Waals surface area contributed by atoms with Gasteiger partial charge in [-0.3, -0.25) is 20.4 Å². The maximum Gasteiger partial charge on any atom is 0.416 e. The summed E-state index contributed by atoms with van der Waals surface area (Å²) < 4.78 is 61.3. The minimum absolute atomic E-state index is 0.000868. The Kier molecular flexibility index (Phi) is 6.57. The van der Waals surface area contributed by atoms with E-state index in [2.05, 4.69) is 5.43 Å².